The lowest BCUT2D eigenvalue weighted by Crippen LogP contribution is -1.96. The predicted molar refractivity (Wildman–Crippen MR) is 63.6 cm³/mol. The number of carbonyl (C=O) groups is 3. The largest absolute Gasteiger partial charge is 0.516 e. The number of hydrogen-bond donors (Lipinski definition) is 2. The summed E-state index contributed by atoms with van der Waals surface area (Å²) in [5, 5.41) is 15.3. The van der Waals surface area contributed by atoms with Crippen molar-refractivity contribution >= 4 is 17.9 Å². The van der Waals surface area contributed by atoms with Crippen LogP contribution < -0.4 is 0 Å². The number of ether oxygens (including phenoxy) is 2. The highest BCUT2D eigenvalue weighted by molar-refractivity contribution is 5.90. The van der Waals surface area contributed by atoms with Crippen LogP contribution in [-0.4, -0.2) is 35.2 Å². The number of carboxylic acids is 1. The summed E-state index contributed by atoms with van der Waals surface area (Å²) in [5.41, 5.74) is 0. The lowest BCUT2D eigenvalue weighted by molar-refractivity contribution is -0.136. The SMILES string of the molecule is C=CO.C=COC(C)=O.COC(=O)/C=C\C(=O)O. The van der Waals surface area contributed by atoms with E-state index < -0.39 is 11.9 Å². The second-order valence-corrected chi connectivity index (χ2v) is 2.15. The molecule has 0 aromatic heterocycles. The highest BCUT2D eigenvalue weighted by Crippen LogP contribution is 1.76. The predicted octanol–water partition coefficient (Wildman–Crippen LogP) is 1.18. The maximum atomic E-state index is 10.1. The minimum Gasteiger partial charge on any atom is -0.516 e. The van der Waals surface area contributed by atoms with Gasteiger partial charge in [0.25, 0.3) is 0 Å². The number of aliphatic hydroxyl groups excluding tert-OH is 1. The van der Waals surface area contributed by atoms with Crippen LogP contribution in [0.2, 0.25) is 0 Å². The van der Waals surface area contributed by atoms with Gasteiger partial charge >= 0.3 is 17.9 Å². The fourth-order valence-corrected chi connectivity index (χ4v) is 0.325. The van der Waals surface area contributed by atoms with Gasteiger partial charge in [-0.3, -0.25) is 4.79 Å². The summed E-state index contributed by atoms with van der Waals surface area (Å²) in [6.45, 7) is 7.40. The highest BCUT2D eigenvalue weighted by atomic mass is 16.5. The number of aliphatic carboxylic acids is 1. The number of methoxy groups -OCH3 is 1. The minimum atomic E-state index is -1.17. The normalized spacial score (nSPS) is 7.67. The average Bonchev–Trinajstić information content (AvgIpc) is 2.27. The van der Waals surface area contributed by atoms with E-state index in [-0.39, 0.29) is 5.97 Å². The molecule has 0 heterocycles. The molecule has 0 amide bonds. The molecule has 0 unspecified atom stereocenters. The van der Waals surface area contributed by atoms with Crippen molar-refractivity contribution in [2.45, 2.75) is 6.92 Å². The van der Waals surface area contributed by atoms with Gasteiger partial charge < -0.3 is 19.7 Å². The molecule has 0 aliphatic heterocycles. The van der Waals surface area contributed by atoms with Crippen molar-refractivity contribution in [2.24, 2.45) is 0 Å². The van der Waals surface area contributed by atoms with E-state index in [2.05, 4.69) is 22.6 Å². The number of esters is 2. The number of carbonyl (C=O) groups excluding carboxylic acids is 2. The van der Waals surface area contributed by atoms with Crippen molar-refractivity contribution in [3.63, 3.8) is 0 Å². The van der Waals surface area contributed by atoms with E-state index in [0.29, 0.717) is 6.08 Å². The van der Waals surface area contributed by atoms with Gasteiger partial charge in [-0.15, -0.1) is 0 Å². The highest BCUT2D eigenvalue weighted by Gasteiger charge is 1.91. The van der Waals surface area contributed by atoms with Gasteiger partial charge in [-0.1, -0.05) is 13.2 Å². The van der Waals surface area contributed by atoms with Gasteiger partial charge in [-0.05, 0) is 0 Å². The maximum absolute atomic E-state index is 10.1. The zero-order valence-corrected chi connectivity index (χ0v) is 10.2. The second kappa shape index (κ2) is 16.8. The Morgan fingerprint density at radius 3 is 1.78 bits per heavy atom. The van der Waals surface area contributed by atoms with Crippen molar-refractivity contribution in [3.05, 3.63) is 37.8 Å². The lowest BCUT2D eigenvalue weighted by Gasteiger charge is -1.85. The molecule has 0 saturated carbocycles. The van der Waals surface area contributed by atoms with Crippen LogP contribution in [0.3, 0.4) is 0 Å². The summed E-state index contributed by atoms with van der Waals surface area (Å²) in [6, 6.07) is 0. The molecule has 102 valence electrons. The second-order valence-electron chi connectivity index (χ2n) is 2.15. The molecule has 0 radical (unpaired) electrons. The van der Waals surface area contributed by atoms with Crippen LogP contribution in [0.4, 0.5) is 0 Å². The van der Waals surface area contributed by atoms with Gasteiger partial charge in [-0.2, -0.15) is 0 Å². The van der Waals surface area contributed by atoms with E-state index in [0.717, 1.165) is 18.6 Å². The molecule has 7 nitrogen and oxygen atoms in total. The Balaban J connectivity index is -0.000000216. The third-order valence-corrected chi connectivity index (χ3v) is 0.812. The smallest absolute Gasteiger partial charge is 0.330 e. The molecule has 0 atom stereocenters. The topological polar surface area (TPSA) is 110 Å². The molecule has 7 heteroatoms. The molecule has 0 aromatic rings. The van der Waals surface area contributed by atoms with Crippen LogP contribution in [0, 0.1) is 0 Å². The van der Waals surface area contributed by atoms with Gasteiger partial charge in [0.05, 0.1) is 19.6 Å². The van der Waals surface area contributed by atoms with Crippen molar-refractivity contribution in [3.8, 4) is 0 Å². The van der Waals surface area contributed by atoms with Crippen LogP contribution >= 0.6 is 0 Å². The first-order chi connectivity index (χ1) is 8.35. The quantitative estimate of drug-likeness (QED) is 0.445. The van der Waals surface area contributed by atoms with Crippen molar-refractivity contribution in [2.75, 3.05) is 7.11 Å². The fourth-order valence-electron chi connectivity index (χ4n) is 0.325. The van der Waals surface area contributed by atoms with Gasteiger partial charge in [0.2, 0.25) is 0 Å². The Kier molecular flexibility index (Phi) is 19.5. The molecule has 2 N–H and O–H groups in total. The first-order valence-electron chi connectivity index (χ1n) is 4.37. The number of rotatable bonds is 3. The van der Waals surface area contributed by atoms with Crippen LogP contribution in [0.5, 0.6) is 0 Å². The van der Waals surface area contributed by atoms with Gasteiger partial charge in [0.15, 0.2) is 0 Å². The molecule has 0 aromatic carbocycles. The molecule has 0 fully saturated rings. The summed E-state index contributed by atoms with van der Waals surface area (Å²) in [7, 11) is 1.18. The van der Waals surface area contributed by atoms with Crippen molar-refractivity contribution in [1.29, 1.82) is 0 Å². The van der Waals surface area contributed by atoms with E-state index in [1.54, 1.807) is 0 Å². The summed E-state index contributed by atoms with van der Waals surface area (Å²) in [5.74, 6) is -2.16. The molecular formula is C11H16O7. The third-order valence-electron chi connectivity index (χ3n) is 0.812. The standard InChI is InChI=1S/C5H6O4.C4H6O2.C2H4O/c1-9-5(8)3-2-4(6)7;1-3-6-4(2)5;1-2-3/h2-3H,1H3,(H,6,7);3H,1H2,2H3;2-3H,1H2/b3-2-;;. The van der Waals surface area contributed by atoms with E-state index in [9.17, 15) is 14.4 Å². The molecule has 0 aliphatic carbocycles. The zero-order valence-electron chi connectivity index (χ0n) is 10.2. The summed E-state index contributed by atoms with van der Waals surface area (Å²) in [4.78, 5) is 29.6. The van der Waals surface area contributed by atoms with Crippen LogP contribution in [-0.2, 0) is 23.9 Å². The van der Waals surface area contributed by atoms with Crippen molar-refractivity contribution < 1.29 is 34.1 Å². The third kappa shape index (κ3) is 37.6. The average molecular weight is 260 g/mol. The van der Waals surface area contributed by atoms with Crippen LogP contribution in [0.1, 0.15) is 6.92 Å². The maximum Gasteiger partial charge on any atom is 0.330 e. The van der Waals surface area contributed by atoms with E-state index >= 15 is 0 Å². The lowest BCUT2D eigenvalue weighted by atomic mass is 10.5. The van der Waals surface area contributed by atoms with E-state index in [1.807, 2.05) is 0 Å². The molecule has 0 rings (SSSR count). The van der Waals surface area contributed by atoms with Gasteiger partial charge in [0, 0.05) is 19.1 Å². The molecule has 18 heavy (non-hydrogen) atoms. The van der Waals surface area contributed by atoms with Crippen LogP contribution in [0.15, 0.2) is 37.8 Å². The molecular weight excluding hydrogens is 244 g/mol. The van der Waals surface area contributed by atoms with Gasteiger partial charge in [0.1, 0.15) is 0 Å². The van der Waals surface area contributed by atoms with Gasteiger partial charge in [-0.25, -0.2) is 9.59 Å². The Labute approximate surface area is 105 Å². The first-order valence-corrected chi connectivity index (χ1v) is 4.37. The Bertz CT molecular complexity index is 305. The Morgan fingerprint density at radius 1 is 1.17 bits per heavy atom. The Hall–Kier alpha value is -2.57. The minimum absolute atomic E-state index is 0.329. The number of carboxylic acid groups (broad SMARTS) is 1. The zero-order chi connectivity index (χ0) is 15.0. The van der Waals surface area contributed by atoms with E-state index in [1.165, 1.54) is 14.0 Å². The summed E-state index contributed by atoms with van der Waals surface area (Å²) < 4.78 is 8.28. The van der Waals surface area contributed by atoms with Crippen molar-refractivity contribution in [1.82, 2.24) is 0 Å². The molecule has 0 spiro atoms. The number of aliphatic hydroxyl groups is 1. The fraction of sp³-hybridized carbons (Fsp3) is 0.182. The molecule has 0 saturated heterocycles. The summed E-state index contributed by atoms with van der Waals surface area (Å²) in [6.07, 6.45) is 3.40. The monoisotopic (exact) mass is 260 g/mol. The van der Waals surface area contributed by atoms with Crippen LogP contribution in [0.25, 0.3) is 0 Å². The number of hydrogen-bond acceptors (Lipinski definition) is 6. The van der Waals surface area contributed by atoms with E-state index in [4.69, 9.17) is 10.2 Å². The summed E-state index contributed by atoms with van der Waals surface area (Å²) >= 11 is 0. The molecule has 0 bridgehead atoms. The first kappa shape index (κ1) is 20.8. The molecule has 0 aliphatic rings. The Morgan fingerprint density at radius 2 is 1.61 bits per heavy atom.